The molecule has 0 atom stereocenters. The first kappa shape index (κ1) is 11.6. The van der Waals surface area contributed by atoms with Gasteiger partial charge in [0.15, 0.2) is 0 Å². The summed E-state index contributed by atoms with van der Waals surface area (Å²) in [6.45, 7) is 9.03. The molecular formula is C8H20N2W. The Hall–Kier alpha value is 0.608. The third kappa shape index (κ3) is 4.95. The molecule has 0 aromatic heterocycles. The summed E-state index contributed by atoms with van der Waals surface area (Å²) < 4.78 is 5.00. The van der Waals surface area contributed by atoms with E-state index in [4.69, 9.17) is 0 Å². The topological polar surface area (TPSA) is 6.48 Å². The first-order chi connectivity index (χ1) is 4.95. The number of nitrogens with zero attached hydrogens (tertiary/aromatic N) is 2. The van der Waals surface area contributed by atoms with Crippen LogP contribution in [0.3, 0.4) is 0 Å². The molecule has 0 aromatic rings. The fraction of sp³-hybridized carbons (Fsp3) is 1.00. The molecule has 0 saturated carbocycles. The van der Waals surface area contributed by atoms with Crippen LogP contribution in [0.1, 0.15) is 27.7 Å². The second-order valence-electron chi connectivity index (χ2n) is 3.36. The molecule has 0 saturated heterocycles. The Kier molecular flexibility index (Phi) is 5.58. The molecular weight excluding hydrogens is 308 g/mol. The molecule has 0 fully saturated rings. The van der Waals surface area contributed by atoms with Gasteiger partial charge in [-0.15, -0.1) is 0 Å². The van der Waals surface area contributed by atoms with Crippen molar-refractivity contribution in [1.29, 1.82) is 0 Å². The second kappa shape index (κ2) is 5.29. The van der Waals surface area contributed by atoms with Crippen LogP contribution < -0.4 is 0 Å². The van der Waals surface area contributed by atoms with Gasteiger partial charge in [0.25, 0.3) is 0 Å². The van der Waals surface area contributed by atoms with Crippen molar-refractivity contribution < 1.29 is 19.1 Å². The molecule has 0 aromatic carbocycles. The van der Waals surface area contributed by atoms with Gasteiger partial charge >= 0.3 is 79.9 Å². The molecule has 0 bridgehead atoms. The van der Waals surface area contributed by atoms with E-state index in [1.807, 2.05) is 0 Å². The summed E-state index contributed by atoms with van der Waals surface area (Å²) in [5.74, 6) is 0. The Bertz CT molecular complexity index is 92.3. The fourth-order valence-corrected chi connectivity index (χ4v) is 3.21. The van der Waals surface area contributed by atoms with Gasteiger partial charge in [-0.05, 0) is 0 Å². The average Bonchev–Trinajstić information content (AvgIpc) is 1.87. The molecule has 0 rings (SSSR count). The van der Waals surface area contributed by atoms with E-state index in [9.17, 15) is 0 Å². The van der Waals surface area contributed by atoms with Gasteiger partial charge in [-0.2, -0.15) is 0 Å². The number of hydrogen-bond acceptors (Lipinski definition) is 2. The normalized spacial score (nSPS) is 12.5. The Morgan fingerprint density at radius 3 is 1.27 bits per heavy atom. The van der Waals surface area contributed by atoms with E-state index in [1.54, 1.807) is 0 Å². The van der Waals surface area contributed by atoms with Crippen LogP contribution in [0.15, 0.2) is 0 Å². The first-order valence-electron chi connectivity index (χ1n) is 4.09. The Morgan fingerprint density at radius 1 is 0.818 bits per heavy atom. The summed E-state index contributed by atoms with van der Waals surface area (Å²) in [6.07, 6.45) is 0. The summed E-state index contributed by atoms with van der Waals surface area (Å²) >= 11 is -0.412. The molecule has 0 unspecified atom stereocenters. The van der Waals surface area contributed by atoms with E-state index in [0.29, 0.717) is 12.1 Å². The van der Waals surface area contributed by atoms with Crippen molar-refractivity contribution in [1.82, 2.24) is 6.92 Å². The van der Waals surface area contributed by atoms with Crippen LogP contribution in [-0.4, -0.2) is 33.1 Å². The molecule has 0 heterocycles. The van der Waals surface area contributed by atoms with Gasteiger partial charge in [-0.3, -0.25) is 0 Å². The van der Waals surface area contributed by atoms with E-state index in [2.05, 4.69) is 48.7 Å². The molecule has 0 N–H and O–H groups in total. The van der Waals surface area contributed by atoms with Crippen LogP contribution in [0.5, 0.6) is 0 Å². The summed E-state index contributed by atoms with van der Waals surface area (Å²) in [5.41, 5.74) is 0. The summed E-state index contributed by atoms with van der Waals surface area (Å²) in [7, 11) is 4.46. The number of rotatable bonds is 4. The molecule has 0 aliphatic rings. The minimum atomic E-state index is -0.412. The Morgan fingerprint density at radius 2 is 1.09 bits per heavy atom. The maximum absolute atomic E-state index is 2.50. The standard InChI is InChI=1S/2C4H10N.W/c2*1-4(2)5-3;/h2*4H,1-3H3;/q2*-1;+2. The summed E-state index contributed by atoms with van der Waals surface area (Å²) in [4.78, 5) is 0. The van der Waals surface area contributed by atoms with E-state index in [0.717, 1.165) is 0 Å². The van der Waals surface area contributed by atoms with Gasteiger partial charge in [0.1, 0.15) is 0 Å². The predicted molar refractivity (Wildman–Crippen MR) is 45.8 cm³/mol. The van der Waals surface area contributed by atoms with Crippen LogP contribution in [0, 0.1) is 0 Å². The maximum atomic E-state index is 2.50. The van der Waals surface area contributed by atoms with Crippen molar-refractivity contribution in [3.8, 4) is 0 Å². The van der Waals surface area contributed by atoms with Gasteiger partial charge in [0.05, 0.1) is 0 Å². The molecule has 2 nitrogen and oxygen atoms in total. The predicted octanol–water partition coefficient (Wildman–Crippen LogP) is 1.58. The van der Waals surface area contributed by atoms with Crippen molar-refractivity contribution in [2.24, 2.45) is 0 Å². The van der Waals surface area contributed by atoms with Crippen molar-refractivity contribution in [3.05, 3.63) is 0 Å². The van der Waals surface area contributed by atoms with Crippen LogP contribution in [0.4, 0.5) is 0 Å². The third-order valence-electron chi connectivity index (χ3n) is 1.71. The van der Waals surface area contributed by atoms with Gasteiger partial charge in [-0.1, -0.05) is 0 Å². The molecule has 0 spiro atoms. The first-order valence-corrected chi connectivity index (χ1v) is 6.71. The van der Waals surface area contributed by atoms with Crippen molar-refractivity contribution in [2.45, 2.75) is 39.8 Å². The van der Waals surface area contributed by atoms with E-state index >= 15 is 0 Å². The number of hydrogen-bond donors (Lipinski definition) is 0. The molecule has 0 radical (unpaired) electrons. The van der Waals surface area contributed by atoms with Crippen molar-refractivity contribution in [2.75, 3.05) is 14.1 Å². The monoisotopic (exact) mass is 328 g/mol. The van der Waals surface area contributed by atoms with Crippen LogP contribution in [-0.2, 0) is 19.1 Å². The zero-order valence-corrected chi connectivity index (χ0v) is 11.4. The Labute approximate surface area is 80.1 Å². The summed E-state index contributed by atoms with van der Waals surface area (Å²) in [5, 5.41) is 0. The van der Waals surface area contributed by atoms with Gasteiger partial charge < -0.3 is 0 Å². The van der Waals surface area contributed by atoms with Crippen LogP contribution in [0.25, 0.3) is 0 Å². The molecule has 0 aliphatic carbocycles. The van der Waals surface area contributed by atoms with Gasteiger partial charge in [-0.25, -0.2) is 0 Å². The zero-order valence-electron chi connectivity index (χ0n) is 8.46. The van der Waals surface area contributed by atoms with E-state index in [1.165, 1.54) is 0 Å². The van der Waals surface area contributed by atoms with E-state index in [-0.39, 0.29) is 0 Å². The van der Waals surface area contributed by atoms with E-state index < -0.39 is 19.1 Å². The molecule has 68 valence electrons. The molecule has 0 amide bonds. The summed E-state index contributed by atoms with van der Waals surface area (Å²) in [6, 6.07) is 1.42. The van der Waals surface area contributed by atoms with Crippen LogP contribution in [0.2, 0.25) is 0 Å². The Balaban J connectivity index is 3.66. The average molecular weight is 328 g/mol. The quantitative estimate of drug-likeness (QED) is 0.773. The molecule has 3 heteroatoms. The second-order valence-corrected chi connectivity index (χ2v) is 8.09. The van der Waals surface area contributed by atoms with Gasteiger partial charge in [0, 0.05) is 0 Å². The zero-order chi connectivity index (χ0) is 9.02. The van der Waals surface area contributed by atoms with Crippen molar-refractivity contribution >= 4 is 0 Å². The fourth-order valence-electron chi connectivity index (χ4n) is 0.392. The van der Waals surface area contributed by atoms with Crippen LogP contribution >= 0.6 is 0 Å². The SMILES string of the molecule is CC(C)[N](C)[W][N](C)C(C)C. The van der Waals surface area contributed by atoms with Gasteiger partial charge in [0.2, 0.25) is 0 Å². The van der Waals surface area contributed by atoms with Crippen molar-refractivity contribution in [3.63, 3.8) is 0 Å². The molecule has 0 aliphatic heterocycles. The minimum absolute atomic E-state index is 0.412. The third-order valence-corrected chi connectivity index (χ3v) is 6.59. The molecule has 11 heavy (non-hydrogen) atoms.